The molecule has 0 bridgehead atoms. The molecule has 1 atom stereocenters. The Hall–Kier alpha value is -2.73. The normalized spacial score (nSPS) is 19.5. The molecule has 4 rings (SSSR count). The van der Waals surface area contributed by atoms with Crippen molar-refractivity contribution in [2.45, 2.75) is 12.3 Å². The molecule has 4 heterocycles. The second kappa shape index (κ2) is 8.10. The van der Waals surface area contributed by atoms with Crippen LogP contribution in [0.25, 0.3) is 12.2 Å². The number of methoxy groups -OCH3 is 1. The zero-order valence-corrected chi connectivity index (χ0v) is 16.4. The van der Waals surface area contributed by atoms with Gasteiger partial charge in [-0.2, -0.15) is 0 Å². The maximum atomic E-state index is 5.33. The van der Waals surface area contributed by atoms with Crippen LogP contribution in [0.5, 0.6) is 0 Å². The van der Waals surface area contributed by atoms with Crippen molar-refractivity contribution in [3.63, 3.8) is 0 Å². The summed E-state index contributed by atoms with van der Waals surface area (Å²) in [5, 5.41) is 0. The van der Waals surface area contributed by atoms with Crippen molar-refractivity contribution in [2.24, 2.45) is 5.92 Å². The zero-order chi connectivity index (χ0) is 19.5. The molecule has 6 heteroatoms. The van der Waals surface area contributed by atoms with Gasteiger partial charge in [-0.25, -0.2) is 9.97 Å². The molecule has 0 aliphatic carbocycles. The van der Waals surface area contributed by atoms with Crippen LogP contribution in [0.4, 0.5) is 11.6 Å². The van der Waals surface area contributed by atoms with Gasteiger partial charge in [-0.1, -0.05) is 19.2 Å². The van der Waals surface area contributed by atoms with Gasteiger partial charge in [0.2, 0.25) is 0 Å². The summed E-state index contributed by atoms with van der Waals surface area (Å²) in [5.74, 6) is 2.96. The van der Waals surface area contributed by atoms with Gasteiger partial charge >= 0.3 is 0 Å². The quantitative estimate of drug-likeness (QED) is 0.738. The van der Waals surface area contributed by atoms with Crippen LogP contribution in [0.3, 0.4) is 0 Å². The third-order valence-corrected chi connectivity index (χ3v) is 5.64. The van der Waals surface area contributed by atoms with E-state index in [0.717, 1.165) is 67.8 Å². The van der Waals surface area contributed by atoms with E-state index in [1.54, 1.807) is 25.6 Å². The summed E-state index contributed by atoms with van der Waals surface area (Å²) in [7, 11) is 1.77. The number of hydrogen-bond acceptors (Lipinski definition) is 6. The first-order chi connectivity index (χ1) is 13.7. The molecule has 1 unspecified atom stereocenters. The lowest BCUT2D eigenvalue weighted by Gasteiger charge is -2.41. The fraction of sp³-hybridized carbons (Fsp3) is 0.409. The molecule has 0 saturated carbocycles. The van der Waals surface area contributed by atoms with Crippen LogP contribution in [-0.2, 0) is 4.74 Å². The standard InChI is InChI=1S/C22H27N5O/c1-4-17-6-7-20(25-19(17)5-2)27-13-18(14-27)21-22(24-10-9-23-21)26-11-8-16(12-26)15-28-3/h4-7,9-10,16,18H,1-2,8,11-15H2,3H3. The maximum absolute atomic E-state index is 5.33. The molecule has 0 aromatic carbocycles. The number of pyridine rings is 1. The monoisotopic (exact) mass is 377 g/mol. The highest BCUT2D eigenvalue weighted by atomic mass is 16.5. The minimum atomic E-state index is 0.373. The molecular formula is C22H27N5O. The Morgan fingerprint density at radius 2 is 1.93 bits per heavy atom. The molecule has 28 heavy (non-hydrogen) atoms. The molecule has 2 saturated heterocycles. The molecular weight excluding hydrogens is 350 g/mol. The number of nitrogens with zero attached hydrogens (tertiary/aromatic N) is 5. The predicted octanol–water partition coefficient (Wildman–Crippen LogP) is 3.23. The van der Waals surface area contributed by atoms with E-state index >= 15 is 0 Å². The molecule has 2 aromatic heterocycles. The van der Waals surface area contributed by atoms with E-state index in [1.807, 2.05) is 18.2 Å². The molecule has 0 N–H and O–H groups in total. The van der Waals surface area contributed by atoms with Gasteiger partial charge < -0.3 is 14.5 Å². The van der Waals surface area contributed by atoms with Gasteiger partial charge in [0.05, 0.1) is 18.0 Å². The van der Waals surface area contributed by atoms with Crippen molar-refractivity contribution in [1.82, 2.24) is 15.0 Å². The first-order valence-electron chi connectivity index (χ1n) is 9.79. The summed E-state index contributed by atoms with van der Waals surface area (Å²) >= 11 is 0. The van der Waals surface area contributed by atoms with E-state index in [-0.39, 0.29) is 0 Å². The van der Waals surface area contributed by atoms with Crippen molar-refractivity contribution < 1.29 is 4.74 Å². The van der Waals surface area contributed by atoms with Gasteiger partial charge in [-0.05, 0) is 30.2 Å². The lowest BCUT2D eigenvalue weighted by Crippen LogP contribution is -2.46. The van der Waals surface area contributed by atoms with Crippen LogP contribution in [0.1, 0.15) is 29.3 Å². The summed E-state index contributed by atoms with van der Waals surface area (Å²) in [6, 6.07) is 4.10. The Kier molecular flexibility index (Phi) is 5.39. The van der Waals surface area contributed by atoms with Gasteiger partial charge in [0.25, 0.3) is 0 Å². The molecule has 2 aliphatic heterocycles. The molecule has 2 fully saturated rings. The summed E-state index contributed by atoms with van der Waals surface area (Å²) in [5.41, 5.74) is 2.98. The summed E-state index contributed by atoms with van der Waals surface area (Å²) in [6.07, 6.45) is 8.33. The van der Waals surface area contributed by atoms with Gasteiger partial charge in [-0.15, -0.1) is 0 Å². The van der Waals surface area contributed by atoms with Crippen molar-refractivity contribution in [3.05, 3.63) is 54.6 Å². The minimum Gasteiger partial charge on any atom is -0.384 e. The average molecular weight is 377 g/mol. The lowest BCUT2D eigenvalue weighted by atomic mass is 9.95. The summed E-state index contributed by atoms with van der Waals surface area (Å²) < 4.78 is 5.33. The summed E-state index contributed by atoms with van der Waals surface area (Å²) in [6.45, 7) is 12.3. The van der Waals surface area contributed by atoms with Crippen LogP contribution < -0.4 is 9.80 Å². The lowest BCUT2D eigenvalue weighted by molar-refractivity contribution is 0.161. The number of anilines is 2. The van der Waals surface area contributed by atoms with Gasteiger partial charge in [0.1, 0.15) is 5.82 Å². The minimum absolute atomic E-state index is 0.373. The topological polar surface area (TPSA) is 54.4 Å². The van der Waals surface area contributed by atoms with Crippen molar-refractivity contribution in [1.29, 1.82) is 0 Å². The van der Waals surface area contributed by atoms with Crippen LogP contribution in [0, 0.1) is 5.92 Å². The predicted molar refractivity (Wildman–Crippen MR) is 114 cm³/mol. The molecule has 0 spiro atoms. The third kappa shape index (κ3) is 3.52. The van der Waals surface area contributed by atoms with Gasteiger partial charge in [0, 0.05) is 57.5 Å². The van der Waals surface area contributed by atoms with E-state index in [9.17, 15) is 0 Å². The highest BCUT2D eigenvalue weighted by Gasteiger charge is 2.35. The highest BCUT2D eigenvalue weighted by molar-refractivity contribution is 5.63. The molecule has 0 amide bonds. The van der Waals surface area contributed by atoms with Crippen molar-refractivity contribution in [2.75, 3.05) is 49.7 Å². The Bertz CT molecular complexity index is 862. The highest BCUT2D eigenvalue weighted by Crippen LogP contribution is 2.35. The van der Waals surface area contributed by atoms with E-state index in [2.05, 4.69) is 27.9 Å². The van der Waals surface area contributed by atoms with Gasteiger partial charge in [-0.3, -0.25) is 4.98 Å². The first-order valence-corrected chi connectivity index (χ1v) is 9.79. The molecule has 2 aromatic rings. The third-order valence-electron chi connectivity index (χ3n) is 5.64. The Labute approximate surface area is 166 Å². The molecule has 2 aliphatic rings. The van der Waals surface area contributed by atoms with E-state index < -0.39 is 0 Å². The number of hydrogen-bond donors (Lipinski definition) is 0. The average Bonchev–Trinajstić information content (AvgIpc) is 3.16. The van der Waals surface area contributed by atoms with E-state index in [0.29, 0.717) is 11.8 Å². The van der Waals surface area contributed by atoms with Crippen LogP contribution in [-0.4, -0.2) is 54.8 Å². The fourth-order valence-corrected chi connectivity index (χ4v) is 4.10. The maximum Gasteiger partial charge on any atom is 0.150 e. The number of rotatable bonds is 7. The van der Waals surface area contributed by atoms with Crippen molar-refractivity contribution >= 4 is 23.8 Å². The number of aromatic nitrogens is 3. The Morgan fingerprint density at radius 1 is 1.11 bits per heavy atom. The zero-order valence-electron chi connectivity index (χ0n) is 16.4. The molecule has 146 valence electrons. The van der Waals surface area contributed by atoms with Crippen LogP contribution in [0.15, 0.2) is 37.7 Å². The second-order valence-electron chi connectivity index (χ2n) is 7.48. The second-order valence-corrected chi connectivity index (χ2v) is 7.48. The first kappa shape index (κ1) is 18.6. The van der Waals surface area contributed by atoms with Crippen LogP contribution >= 0.6 is 0 Å². The van der Waals surface area contributed by atoms with Crippen LogP contribution in [0.2, 0.25) is 0 Å². The SMILES string of the molecule is C=Cc1ccc(N2CC(c3nccnc3N3CCC(COC)C3)C2)nc1C=C. The summed E-state index contributed by atoms with van der Waals surface area (Å²) in [4.78, 5) is 18.7. The Morgan fingerprint density at radius 3 is 2.68 bits per heavy atom. The van der Waals surface area contributed by atoms with Gasteiger partial charge in [0.15, 0.2) is 5.82 Å². The number of ether oxygens (including phenoxy) is 1. The van der Waals surface area contributed by atoms with E-state index in [4.69, 9.17) is 14.7 Å². The molecule has 0 radical (unpaired) electrons. The fourth-order valence-electron chi connectivity index (χ4n) is 4.10. The largest absolute Gasteiger partial charge is 0.384 e. The Balaban J connectivity index is 1.47. The van der Waals surface area contributed by atoms with E-state index in [1.165, 1.54) is 0 Å². The smallest absolute Gasteiger partial charge is 0.150 e. The molecule has 6 nitrogen and oxygen atoms in total. The van der Waals surface area contributed by atoms with Crippen molar-refractivity contribution in [3.8, 4) is 0 Å².